The third-order valence-electron chi connectivity index (χ3n) is 2.99. The van der Waals surface area contributed by atoms with Gasteiger partial charge in [0.25, 0.3) is 0 Å². The summed E-state index contributed by atoms with van der Waals surface area (Å²) in [4.78, 5) is 10.7. The van der Waals surface area contributed by atoms with Gasteiger partial charge in [-0.2, -0.15) is 4.91 Å². The fourth-order valence-electron chi connectivity index (χ4n) is 1.28. The van der Waals surface area contributed by atoms with E-state index in [2.05, 4.69) is 18.7 Å². The van der Waals surface area contributed by atoms with Crippen LogP contribution >= 0.6 is 0 Å². The maximum Gasteiger partial charge on any atom is 0.102 e. The van der Waals surface area contributed by atoms with Gasteiger partial charge in [0.1, 0.15) is 5.54 Å². The van der Waals surface area contributed by atoms with Gasteiger partial charge in [0, 0.05) is 0 Å². The van der Waals surface area contributed by atoms with Gasteiger partial charge in [0.2, 0.25) is 0 Å². The molecule has 0 aliphatic carbocycles. The van der Waals surface area contributed by atoms with Gasteiger partial charge < -0.3 is 0 Å². The molecular weight excluding hydrogens is 162 g/mol. The maximum atomic E-state index is 10.7. The highest BCUT2D eigenvalue weighted by atomic mass is 16.3. The van der Waals surface area contributed by atoms with Gasteiger partial charge in [-0.15, -0.1) is 6.58 Å². The summed E-state index contributed by atoms with van der Waals surface area (Å²) in [6.07, 6.45) is 2.81. The summed E-state index contributed by atoms with van der Waals surface area (Å²) >= 11 is 0. The molecule has 0 aromatic carbocycles. The summed E-state index contributed by atoms with van der Waals surface area (Å²) in [5.41, 5.74) is 0.784. The van der Waals surface area contributed by atoms with Crippen molar-refractivity contribution in [3.8, 4) is 0 Å². The first-order valence-corrected chi connectivity index (χ1v) is 4.95. The quantitative estimate of drug-likeness (QED) is 0.453. The summed E-state index contributed by atoms with van der Waals surface area (Å²) in [7, 11) is 0. The fraction of sp³-hybridized carbons (Fsp3) is 0.818. The highest BCUT2D eigenvalue weighted by Gasteiger charge is 2.29. The summed E-state index contributed by atoms with van der Waals surface area (Å²) in [6.45, 7) is 11.9. The average molecular weight is 183 g/mol. The van der Waals surface area contributed by atoms with E-state index in [0.717, 1.165) is 19.3 Å². The molecule has 0 saturated carbocycles. The number of nitrogens with zero attached hydrogens (tertiary/aromatic N) is 1. The summed E-state index contributed by atoms with van der Waals surface area (Å²) in [5, 5.41) is 3.24. The average Bonchev–Trinajstić information content (AvgIpc) is 2.12. The van der Waals surface area contributed by atoms with E-state index in [-0.39, 0.29) is 0 Å². The largest absolute Gasteiger partial charge is 0.150 e. The van der Waals surface area contributed by atoms with Gasteiger partial charge in [-0.1, -0.05) is 24.6 Å². The Bertz CT molecular complexity index is 189. The molecule has 0 radical (unpaired) electrons. The molecule has 0 rings (SSSR count). The number of allylic oxidation sites excluding steroid dienone is 1. The van der Waals surface area contributed by atoms with Crippen molar-refractivity contribution in [2.24, 2.45) is 11.1 Å². The first-order chi connectivity index (χ1) is 5.96. The SMILES string of the molecule is C=C(C)CCC(C)C(C)(CC)N=O. The second kappa shape index (κ2) is 5.15. The minimum atomic E-state index is -0.393. The molecule has 0 aliphatic heterocycles. The zero-order chi connectivity index (χ0) is 10.5. The van der Waals surface area contributed by atoms with E-state index in [1.807, 2.05) is 20.8 Å². The third-order valence-corrected chi connectivity index (χ3v) is 2.99. The van der Waals surface area contributed by atoms with Crippen LogP contribution in [-0.2, 0) is 0 Å². The van der Waals surface area contributed by atoms with Crippen LogP contribution in [0.1, 0.15) is 47.0 Å². The van der Waals surface area contributed by atoms with E-state index in [4.69, 9.17) is 0 Å². The van der Waals surface area contributed by atoms with Crippen molar-refractivity contribution in [1.29, 1.82) is 0 Å². The standard InChI is InChI=1S/C11H21NO/c1-6-11(5,12-13)10(4)8-7-9(2)3/h10H,2,6-8H2,1,3-5H3. The van der Waals surface area contributed by atoms with Gasteiger partial charge in [0.15, 0.2) is 0 Å². The Morgan fingerprint density at radius 1 is 1.62 bits per heavy atom. The Balaban J connectivity index is 4.14. The maximum absolute atomic E-state index is 10.7. The fourth-order valence-corrected chi connectivity index (χ4v) is 1.28. The zero-order valence-corrected chi connectivity index (χ0v) is 9.26. The normalized spacial score (nSPS) is 17.5. The molecule has 2 nitrogen and oxygen atoms in total. The lowest BCUT2D eigenvalue weighted by Crippen LogP contribution is -2.29. The van der Waals surface area contributed by atoms with Crippen molar-refractivity contribution in [3.63, 3.8) is 0 Å². The molecule has 0 fully saturated rings. The van der Waals surface area contributed by atoms with Crippen LogP contribution in [0.5, 0.6) is 0 Å². The third kappa shape index (κ3) is 3.71. The van der Waals surface area contributed by atoms with Crippen LogP contribution in [0.2, 0.25) is 0 Å². The highest BCUT2D eigenvalue weighted by molar-refractivity contribution is 4.92. The monoisotopic (exact) mass is 183 g/mol. The lowest BCUT2D eigenvalue weighted by molar-refractivity contribution is 0.291. The van der Waals surface area contributed by atoms with Crippen LogP contribution in [0, 0.1) is 10.8 Å². The van der Waals surface area contributed by atoms with Gasteiger partial charge in [0.05, 0.1) is 0 Å². The van der Waals surface area contributed by atoms with Crippen molar-refractivity contribution >= 4 is 0 Å². The Morgan fingerprint density at radius 2 is 2.15 bits per heavy atom. The molecule has 0 aromatic heterocycles. The van der Waals surface area contributed by atoms with Crippen LogP contribution in [0.25, 0.3) is 0 Å². The van der Waals surface area contributed by atoms with Crippen molar-refractivity contribution in [2.75, 3.05) is 0 Å². The van der Waals surface area contributed by atoms with E-state index < -0.39 is 5.54 Å². The number of hydrogen-bond acceptors (Lipinski definition) is 2. The highest BCUT2D eigenvalue weighted by Crippen LogP contribution is 2.29. The van der Waals surface area contributed by atoms with E-state index in [1.54, 1.807) is 0 Å². The molecule has 2 atom stereocenters. The van der Waals surface area contributed by atoms with E-state index in [9.17, 15) is 4.91 Å². The van der Waals surface area contributed by atoms with Gasteiger partial charge in [-0.25, -0.2) is 0 Å². The molecule has 0 spiro atoms. The van der Waals surface area contributed by atoms with Gasteiger partial charge in [-0.3, -0.25) is 0 Å². The molecule has 0 amide bonds. The predicted molar refractivity (Wildman–Crippen MR) is 57.7 cm³/mol. The number of hydrogen-bond donors (Lipinski definition) is 0. The molecule has 0 heterocycles. The molecule has 2 heteroatoms. The molecule has 0 N–H and O–H groups in total. The van der Waals surface area contributed by atoms with Crippen LogP contribution in [0.3, 0.4) is 0 Å². The van der Waals surface area contributed by atoms with Crippen LogP contribution in [-0.4, -0.2) is 5.54 Å². The molecule has 0 bridgehead atoms. The van der Waals surface area contributed by atoms with E-state index in [1.165, 1.54) is 5.57 Å². The number of nitroso groups, excluding NO2 is 1. The summed E-state index contributed by atoms with van der Waals surface area (Å²) < 4.78 is 0. The van der Waals surface area contributed by atoms with Gasteiger partial charge in [-0.05, 0) is 39.0 Å². The van der Waals surface area contributed by atoms with Crippen LogP contribution in [0.15, 0.2) is 17.3 Å². The topological polar surface area (TPSA) is 29.4 Å². The Hall–Kier alpha value is -0.660. The first kappa shape index (κ1) is 12.3. The van der Waals surface area contributed by atoms with Crippen molar-refractivity contribution < 1.29 is 0 Å². The van der Waals surface area contributed by atoms with Crippen molar-refractivity contribution in [3.05, 3.63) is 17.1 Å². The molecule has 76 valence electrons. The molecule has 13 heavy (non-hydrogen) atoms. The first-order valence-electron chi connectivity index (χ1n) is 4.95. The lowest BCUT2D eigenvalue weighted by atomic mass is 9.82. The molecule has 0 aliphatic rings. The van der Waals surface area contributed by atoms with E-state index >= 15 is 0 Å². The predicted octanol–water partition coefficient (Wildman–Crippen LogP) is 3.91. The second-order valence-electron chi connectivity index (χ2n) is 4.20. The van der Waals surface area contributed by atoms with Crippen molar-refractivity contribution in [2.45, 2.75) is 52.5 Å². The molecular formula is C11H21NO. The number of rotatable bonds is 6. The molecule has 2 unspecified atom stereocenters. The molecule has 0 saturated heterocycles. The minimum absolute atomic E-state index is 0.340. The van der Waals surface area contributed by atoms with Crippen LogP contribution in [0.4, 0.5) is 0 Å². The minimum Gasteiger partial charge on any atom is -0.150 e. The van der Waals surface area contributed by atoms with E-state index in [0.29, 0.717) is 5.92 Å². The Morgan fingerprint density at radius 3 is 2.46 bits per heavy atom. The summed E-state index contributed by atoms with van der Waals surface area (Å²) in [5.74, 6) is 0.340. The second-order valence-corrected chi connectivity index (χ2v) is 4.20. The zero-order valence-electron chi connectivity index (χ0n) is 9.26. The van der Waals surface area contributed by atoms with Gasteiger partial charge >= 0.3 is 0 Å². The Labute approximate surface area is 81.4 Å². The van der Waals surface area contributed by atoms with Crippen LogP contribution < -0.4 is 0 Å². The van der Waals surface area contributed by atoms with Crippen molar-refractivity contribution in [1.82, 2.24) is 0 Å². The molecule has 0 aromatic rings. The summed E-state index contributed by atoms with van der Waals surface area (Å²) in [6, 6.07) is 0. The smallest absolute Gasteiger partial charge is 0.102 e. The lowest BCUT2D eigenvalue weighted by Gasteiger charge is -2.27. The Kier molecular flexibility index (Phi) is 4.89.